The van der Waals surface area contributed by atoms with Crippen molar-refractivity contribution in [2.75, 3.05) is 6.26 Å². The molecule has 0 saturated carbocycles. The molecule has 0 radical (unpaired) electrons. The van der Waals surface area contributed by atoms with Crippen molar-refractivity contribution in [1.82, 2.24) is 4.57 Å². The molecule has 0 fully saturated rings. The minimum absolute atomic E-state index is 0.0267. The largest absolute Gasteiger partial charge is 0.417 e. The number of aromatic nitrogens is 1. The Morgan fingerprint density at radius 3 is 2.17 bits per heavy atom. The van der Waals surface area contributed by atoms with Gasteiger partial charge in [0.15, 0.2) is 0 Å². The van der Waals surface area contributed by atoms with Crippen molar-refractivity contribution in [3.63, 3.8) is 0 Å². The van der Waals surface area contributed by atoms with Crippen LogP contribution in [0.1, 0.15) is 22.3 Å². The van der Waals surface area contributed by atoms with E-state index in [1.54, 1.807) is 0 Å². The van der Waals surface area contributed by atoms with Crippen LogP contribution in [0.4, 0.5) is 35.1 Å². The van der Waals surface area contributed by atoms with Crippen molar-refractivity contribution in [2.24, 2.45) is 0 Å². The van der Waals surface area contributed by atoms with Crippen LogP contribution in [0, 0.1) is 23.0 Å². The van der Waals surface area contributed by atoms with Crippen molar-refractivity contribution in [3.8, 4) is 27.1 Å². The Kier molecular flexibility index (Phi) is 7.75. The first kappa shape index (κ1) is 29.2. The van der Waals surface area contributed by atoms with Crippen LogP contribution >= 0.6 is 11.3 Å². The van der Waals surface area contributed by atoms with Crippen molar-refractivity contribution in [2.45, 2.75) is 23.8 Å². The van der Waals surface area contributed by atoms with E-state index in [1.807, 2.05) is 0 Å². The van der Waals surface area contributed by atoms with Gasteiger partial charge >= 0.3 is 12.4 Å². The topological polar surface area (TPSA) is 62.9 Å². The third kappa shape index (κ3) is 5.85. The number of thiophene rings is 1. The van der Waals surface area contributed by atoms with E-state index in [1.165, 1.54) is 30.5 Å². The highest BCUT2D eigenvalue weighted by molar-refractivity contribution is 7.84. The standard InChI is InChI=1S/C26H14F8N2O2S2/c1-40(38)17-7-14(6-15(8-17)25(29,30)31)22-4-5-23(39-22)21-10-19(26(32,33)34)18(11-35)24(37)36(21)12-13-2-3-16(27)9-20(13)28/h2-10H,12H2,1H3. The highest BCUT2D eigenvalue weighted by Gasteiger charge is 2.37. The molecule has 1 unspecified atom stereocenters. The van der Waals surface area contributed by atoms with E-state index >= 15 is 0 Å². The highest BCUT2D eigenvalue weighted by Crippen LogP contribution is 2.40. The Morgan fingerprint density at radius 2 is 1.60 bits per heavy atom. The Hall–Kier alpha value is -3.83. The number of halogens is 8. The zero-order chi connectivity index (χ0) is 29.6. The number of benzene rings is 2. The lowest BCUT2D eigenvalue weighted by Gasteiger charge is -2.17. The van der Waals surface area contributed by atoms with Crippen molar-refractivity contribution in [1.29, 1.82) is 5.26 Å². The zero-order valence-electron chi connectivity index (χ0n) is 20.0. The van der Waals surface area contributed by atoms with Gasteiger partial charge in [0.2, 0.25) is 0 Å². The minimum Gasteiger partial charge on any atom is -0.302 e. The number of pyridine rings is 1. The summed E-state index contributed by atoms with van der Waals surface area (Å²) in [6, 6.07) is 9.43. The van der Waals surface area contributed by atoms with Gasteiger partial charge in [-0.25, -0.2) is 8.78 Å². The SMILES string of the molecule is CS(=O)c1cc(-c2ccc(-c3cc(C(F)(F)F)c(C#N)c(=O)n3Cc3ccc(F)cc3F)s2)cc(C(F)(F)F)c1. The van der Waals surface area contributed by atoms with Crippen LogP contribution in [-0.2, 0) is 29.7 Å². The van der Waals surface area contributed by atoms with Gasteiger partial charge < -0.3 is 4.57 Å². The molecule has 0 amide bonds. The predicted molar refractivity (Wildman–Crippen MR) is 132 cm³/mol. The molecule has 2 aromatic carbocycles. The lowest BCUT2D eigenvalue weighted by Crippen LogP contribution is -2.28. The summed E-state index contributed by atoms with van der Waals surface area (Å²) in [7, 11) is -1.80. The zero-order valence-corrected chi connectivity index (χ0v) is 21.6. The van der Waals surface area contributed by atoms with E-state index in [0.717, 1.165) is 35.6 Å². The molecule has 0 aliphatic carbocycles. The summed E-state index contributed by atoms with van der Waals surface area (Å²) in [5, 5.41) is 9.32. The Balaban J connectivity index is 1.95. The molecule has 4 aromatic rings. The average Bonchev–Trinajstić information content (AvgIpc) is 3.35. The van der Waals surface area contributed by atoms with Gasteiger partial charge in [0, 0.05) is 38.5 Å². The molecule has 2 aromatic heterocycles. The molecule has 0 aliphatic rings. The Bertz CT molecular complexity index is 1750. The van der Waals surface area contributed by atoms with Gasteiger partial charge in [-0.3, -0.25) is 9.00 Å². The second kappa shape index (κ2) is 10.6. The summed E-state index contributed by atoms with van der Waals surface area (Å²) in [6.45, 7) is -0.678. The molecule has 14 heteroatoms. The summed E-state index contributed by atoms with van der Waals surface area (Å²) in [5.41, 5.74) is -5.98. The minimum atomic E-state index is -5.12. The summed E-state index contributed by atoms with van der Waals surface area (Å²) in [6.07, 6.45) is -8.72. The summed E-state index contributed by atoms with van der Waals surface area (Å²) < 4.78 is 122. The monoisotopic (exact) mass is 602 g/mol. The number of nitriles is 1. The maximum absolute atomic E-state index is 14.4. The normalized spacial score (nSPS) is 12.8. The average molecular weight is 603 g/mol. The van der Waals surface area contributed by atoms with Gasteiger partial charge in [0.25, 0.3) is 5.56 Å². The predicted octanol–water partition coefficient (Wildman–Crippen LogP) is 7.22. The smallest absolute Gasteiger partial charge is 0.302 e. The van der Waals surface area contributed by atoms with Gasteiger partial charge in [-0.15, -0.1) is 11.3 Å². The maximum atomic E-state index is 14.4. The molecule has 0 bridgehead atoms. The fraction of sp³-hybridized carbons (Fsp3) is 0.154. The first-order valence-electron chi connectivity index (χ1n) is 11.0. The van der Waals surface area contributed by atoms with Crippen LogP contribution < -0.4 is 5.56 Å². The van der Waals surface area contributed by atoms with Crippen molar-refractivity contribution < 1.29 is 39.3 Å². The molecule has 0 aliphatic heterocycles. The number of rotatable bonds is 5. The van der Waals surface area contributed by atoms with E-state index in [9.17, 15) is 49.4 Å². The first-order chi connectivity index (χ1) is 18.6. The third-order valence-corrected chi connectivity index (χ3v) is 7.83. The van der Waals surface area contributed by atoms with Gasteiger partial charge in [0.05, 0.1) is 28.2 Å². The van der Waals surface area contributed by atoms with Gasteiger partial charge in [-0.05, 0) is 48.0 Å². The fourth-order valence-corrected chi connectivity index (χ4v) is 5.47. The van der Waals surface area contributed by atoms with E-state index in [-0.39, 0.29) is 25.8 Å². The van der Waals surface area contributed by atoms with Crippen molar-refractivity contribution >= 4 is 22.1 Å². The molecule has 208 valence electrons. The maximum Gasteiger partial charge on any atom is 0.417 e. The molecule has 0 N–H and O–H groups in total. The number of hydrogen-bond donors (Lipinski definition) is 0. The van der Waals surface area contributed by atoms with Crippen LogP contribution in [0.3, 0.4) is 0 Å². The van der Waals surface area contributed by atoms with E-state index in [0.29, 0.717) is 16.7 Å². The molecular weight excluding hydrogens is 588 g/mol. The molecule has 4 nitrogen and oxygen atoms in total. The molecule has 0 saturated heterocycles. The second-order valence-electron chi connectivity index (χ2n) is 8.42. The van der Waals surface area contributed by atoms with Gasteiger partial charge in [-0.1, -0.05) is 6.07 Å². The second-order valence-corrected chi connectivity index (χ2v) is 10.9. The number of nitrogens with zero attached hydrogens (tertiary/aromatic N) is 2. The number of alkyl halides is 6. The van der Waals surface area contributed by atoms with Gasteiger partial charge in [0.1, 0.15) is 23.3 Å². The van der Waals surface area contributed by atoms with E-state index < -0.39 is 69.3 Å². The van der Waals surface area contributed by atoms with Crippen LogP contribution in [-0.4, -0.2) is 15.0 Å². The summed E-state index contributed by atoms with van der Waals surface area (Å²) >= 11 is 0.722. The third-order valence-electron chi connectivity index (χ3n) is 5.77. The summed E-state index contributed by atoms with van der Waals surface area (Å²) in [5.74, 6) is -2.03. The van der Waals surface area contributed by atoms with Crippen LogP contribution in [0.5, 0.6) is 0 Å². The van der Waals surface area contributed by atoms with E-state index in [2.05, 4.69) is 0 Å². The molecular formula is C26H14F8N2O2S2. The first-order valence-corrected chi connectivity index (χ1v) is 13.3. The van der Waals surface area contributed by atoms with Crippen LogP contribution in [0.15, 0.2) is 64.3 Å². The molecule has 0 spiro atoms. The van der Waals surface area contributed by atoms with Gasteiger partial charge in [-0.2, -0.15) is 31.6 Å². The Labute approximate surface area is 227 Å². The lowest BCUT2D eigenvalue weighted by atomic mass is 10.1. The highest BCUT2D eigenvalue weighted by atomic mass is 32.2. The van der Waals surface area contributed by atoms with Crippen molar-refractivity contribution in [3.05, 3.63) is 98.8 Å². The Morgan fingerprint density at radius 1 is 0.925 bits per heavy atom. The molecule has 2 heterocycles. The molecule has 1 atom stereocenters. The fourth-order valence-electron chi connectivity index (χ4n) is 3.86. The van der Waals surface area contributed by atoms with Crippen LogP contribution in [0.2, 0.25) is 0 Å². The quantitative estimate of drug-likeness (QED) is 0.227. The summed E-state index contributed by atoms with van der Waals surface area (Å²) in [4.78, 5) is 13.1. The van der Waals surface area contributed by atoms with E-state index in [4.69, 9.17) is 0 Å². The molecule has 4 rings (SSSR count). The number of hydrogen-bond acceptors (Lipinski definition) is 4. The molecule has 40 heavy (non-hydrogen) atoms. The van der Waals surface area contributed by atoms with Crippen LogP contribution in [0.25, 0.3) is 21.0 Å². The lowest BCUT2D eigenvalue weighted by molar-refractivity contribution is -0.138.